The van der Waals surface area contributed by atoms with Crippen LogP contribution in [0, 0.1) is 0 Å². The normalized spacial score (nSPS) is 13.2. The van der Waals surface area contributed by atoms with Gasteiger partial charge in [0.25, 0.3) is 0 Å². The van der Waals surface area contributed by atoms with Gasteiger partial charge in [0.05, 0.1) is 24.4 Å². The van der Waals surface area contributed by atoms with E-state index in [1.54, 1.807) is 13.8 Å². The first-order chi connectivity index (χ1) is 12.6. The number of allylic oxidation sites excluding steroid dienone is 1. The Morgan fingerprint density at radius 2 is 2.04 bits per heavy atom. The van der Waals surface area contributed by atoms with Gasteiger partial charge in [0.15, 0.2) is 0 Å². The number of carbonyl (C=O) groups excluding carboxylic acids is 2. The molecule has 0 saturated carbocycles. The van der Waals surface area contributed by atoms with E-state index < -0.39 is 5.97 Å². The monoisotopic (exact) mass is 369 g/mol. The Balaban J connectivity index is 1.95. The molecule has 1 aliphatic rings. The maximum absolute atomic E-state index is 12.5. The van der Waals surface area contributed by atoms with Crippen LogP contribution >= 0.6 is 11.3 Å². The van der Waals surface area contributed by atoms with Crippen LogP contribution in [0.25, 0.3) is 0 Å². The number of amides is 1. The van der Waals surface area contributed by atoms with E-state index in [9.17, 15) is 9.59 Å². The molecule has 1 aromatic carbocycles. The zero-order valence-corrected chi connectivity index (χ0v) is 15.4. The van der Waals surface area contributed by atoms with Gasteiger partial charge >= 0.3 is 5.97 Å². The number of anilines is 1. The number of hydrogen-bond donors (Lipinski definition) is 2. The van der Waals surface area contributed by atoms with Crippen molar-refractivity contribution in [3.8, 4) is 0 Å². The Hall–Kier alpha value is -2.93. The molecule has 1 amide bonds. The number of amidine groups is 1. The topological polar surface area (TPSA) is 79.8 Å². The molecule has 2 heterocycles. The highest BCUT2D eigenvalue weighted by Crippen LogP contribution is 2.30. The second kappa shape index (κ2) is 7.97. The molecule has 6 nitrogen and oxygen atoms in total. The highest BCUT2D eigenvalue weighted by atomic mass is 32.1. The Bertz CT molecular complexity index is 885. The predicted octanol–water partition coefficient (Wildman–Crippen LogP) is 3.40. The van der Waals surface area contributed by atoms with Gasteiger partial charge in [-0.3, -0.25) is 4.79 Å². The Kier molecular flexibility index (Phi) is 5.48. The van der Waals surface area contributed by atoms with E-state index in [-0.39, 0.29) is 30.3 Å². The molecule has 0 aliphatic carbocycles. The van der Waals surface area contributed by atoms with Gasteiger partial charge < -0.3 is 15.4 Å². The van der Waals surface area contributed by atoms with E-state index in [0.717, 1.165) is 10.6 Å². The number of ether oxygens (including phenoxy) is 1. The number of rotatable bonds is 4. The van der Waals surface area contributed by atoms with Crippen LogP contribution in [0.15, 0.2) is 58.0 Å². The third kappa shape index (κ3) is 4.00. The summed E-state index contributed by atoms with van der Waals surface area (Å²) in [5, 5.41) is 7.87. The number of hydrogen-bond acceptors (Lipinski definition) is 6. The summed E-state index contributed by atoms with van der Waals surface area (Å²) in [6.45, 7) is 3.73. The van der Waals surface area contributed by atoms with Crippen molar-refractivity contribution in [3.63, 3.8) is 0 Å². The van der Waals surface area contributed by atoms with Gasteiger partial charge in [-0.25, -0.2) is 9.79 Å². The molecule has 0 spiro atoms. The van der Waals surface area contributed by atoms with Crippen molar-refractivity contribution in [3.05, 3.63) is 57.9 Å². The smallest absolute Gasteiger partial charge is 0.343 e. The zero-order chi connectivity index (χ0) is 18.5. The van der Waals surface area contributed by atoms with E-state index in [4.69, 9.17) is 4.74 Å². The van der Waals surface area contributed by atoms with E-state index in [1.807, 2.05) is 41.8 Å². The zero-order valence-electron chi connectivity index (χ0n) is 14.5. The molecular weight excluding hydrogens is 350 g/mol. The molecule has 1 aliphatic heterocycles. The lowest BCUT2D eigenvalue weighted by molar-refractivity contribution is -0.137. The molecule has 134 valence electrons. The molecular formula is C19H19N3O3S. The summed E-state index contributed by atoms with van der Waals surface area (Å²) in [5.74, 6) is -0.569. The fourth-order valence-corrected chi connectivity index (χ4v) is 3.29. The molecule has 0 atom stereocenters. The first-order valence-corrected chi connectivity index (χ1v) is 9.11. The minimum absolute atomic E-state index is 0.194. The van der Waals surface area contributed by atoms with Crippen molar-refractivity contribution < 1.29 is 14.3 Å². The van der Waals surface area contributed by atoms with E-state index in [1.165, 1.54) is 11.3 Å². The quantitative estimate of drug-likeness (QED) is 0.810. The van der Waals surface area contributed by atoms with E-state index >= 15 is 0 Å². The van der Waals surface area contributed by atoms with Crippen LogP contribution in [0.1, 0.15) is 18.7 Å². The molecule has 0 bridgehead atoms. The summed E-state index contributed by atoms with van der Waals surface area (Å²) >= 11 is 1.51. The second-order valence-electron chi connectivity index (χ2n) is 5.63. The van der Waals surface area contributed by atoms with Gasteiger partial charge in [0, 0.05) is 10.6 Å². The minimum Gasteiger partial charge on any atom is -0.462 e. The van der Waals surface area contributed by atoms with Gasteiger partial charge in [-0.2, -0.15) is 0 Å². The second-order valence-corrected chi connectivity index (χ2v) is 6.66. The van der Waals surface area contributed by atoms with Crippen molar-refractivity contribution in [2.45, 2.75) is 20.3 Å². The highest BCUT2D eigenvalue weighted by Gasteiger charge is 2.25. The average Bonchev–Trinajstić information content (AvgIpc) is 3.04. The van der Waals surface area contributed by atoms with E-state index in [0.29, 0.717) is 11.4 Å². The summed E-state index contributed by atoms with van der Waals surface area (Å²) < 4.78 is 5.16. The van der Waals surface area contributed by atoms with Crippen LogP contribution in [0.4, 0.5) is 11.4 Å². The number of fused-ring (bicyclic) bond motifs is 1. The number of para-hydroxylation sites is 2. The van der Waals surface area contributed by atoms with Crippen LogP contribution < -0.4 is 10.6 Å². The van der Waals surface area contributed by atoms with Gasteiger partial charge in [-0.15, -0.1) is 11.3 Å². The average molecular weight is 369 g/mol. The van der Waals surface area contributed by atoms with Crippen LogP contribution in [0.5, 0.6) is 0 Å². The standard InChI is InChI=1S/C19H19N3O3S/c1-3-25-19(24)17-12(2)20-14-8-4-5-9-15(14)21-18(17)22-16(23)11-13-7-6-10-26-13/h4-10,20H,3,11H2,1-2H3,(H,21,22,23). The fraction of sp³-hybridized carbons (Fsp3) is 0.211. The molecule has 7 heteroatoms. The van der Waals surface area contributed by atoms with Crippen LogP contribution in [0.3, 0.4) is 0 Å². The molecule has 1 aromatic heterocycles. The third-order valence-corrected chi connectivity index (χ3v) is 4.60. The maximum atomic E-state index is 12.5. The van der Waals surface area contributed by atoms with Crippen molar-refractivity contribution in [2.24, 2.45) is 4.99 Å². The number of aliphatic imine (C=N–C) groups is 1. The Labute approximate surface area is 155 Å². The summed E-state index contributed by atoms with van der Waals surface area (Å²) in [6, 6.07) is 11.2. The lowest BCUT2D eigenvalue weighted by Gasteiger charge is -2.13. The molecule has 2 N–H and O–H groups in total. The lowest BCUT2D eigenvalue weighted by atomic mass is 10.2. The summed E-state index contributed by atoms with van der Waals surface area (Å²) in [6.07, 6.45) is 0.223. The van der Waals surface area contributed by atoms with Crippen molar-refractivity contribution in [1.29, 1.82) is 0 Å². The number of nitrogens with zero attached hydrogens (tertiary/aromatic N) is 1. The van der Waals surface area contributed by atoms with E-state index in [2.05, 4.69) is 15.6 Å². The molecule has 3 rings (SSSR count). The predicted molar refractivity (Wildman–Crippen MR) is 103 cm³/mol. The largest absolute Gasteiger partial charge is 0.462 e. The first-order valence-electron chi connectivity index (χ1n) is 8.23. The summed E-state index contributed by atoms with van der Waals surface area (Å²) in [7, 11) is 0. The van der Waals surface area contributed by atoms with Crippen molar-refractivity contribution in [2.75, 3.05) is 11.9 Å². The lowest BCUT2D eigenvalue weighted by Crippen LogP contribution is -2.36. The third-order valence-electron chi connectivity index (χ3n) is 3.72. The van der Waals surface area contributed by atoms with Gasteiger partial charge in [-0.05, 0) is 37.4 Å². The number of esters is 1. The molecule has 26 heavy (non-hydrogen) atoms. The van der Waals surface area contributed by atoms with Gasteiger partial charge in [0.2, 0.25) is 5.91 Å². The summed E-state index contributed by atoms with van der Waals surface area (Å²) in [5.41, 5.74) is 2.19. The summed E-state index contributed by atoms with van der Waals surface area (Å²) in [4.78, 5) is 30.4. The number of benzene rings is 1. The molecule has 0 fully saturated rings. The van der Waals surface area contributed by atoms with Crippen LogP contribution in [-0.4, -0.2) is 24.3 Å². The minimum atomic E-state index is -0.527. The van der Waals surface area contributed by atoms with Crippen molar-refractivity contribution >= 4 is 40.4 Å². The molecule has 2 aromatic rings. The van der Waals surface area contributed by atoms with Crippen LogP contribution in [0.2, 0.25) is 0 Å². The number of nitrogens with one attached hydrogen (secondary N) is 2. The first kappa shape index (κ1) is 17.9. The van der Waals surface area contributed by atoms with Crippen LogP contribution in [-0.2, 0) is 20.7 Å². The number of thiophene rings is 1. The molecule has 0 saturated heterocycles. The maximum Gasteiger partial charge on any atom is 0.343 e. The highest BCUT2D eigenvalue weighted by molar-refractivity contribution is 7.10. The fourth-order valence-electron chi connectivity index (χ4n) is 2.59. The molecule has 0 radical (unpaired) electrons. The van der Waals surface area contributed by atoms with Crippen molar-refractivity contribution in [1.82, 2.24) is 5.32 Å². The van der Waals surface area contributed by atoms with Gasteiger partial charge in [0.1, 0.15) is 11.4 Å². The van der Waals surface area contributed by atoms with Gasteiger partial charge in [-0.1, -0.05) is 18.2 Å². The SMILES string of the molecule is CCOC(=O)C1=C(C)Nc2ccccc2N=C1NC(=O)Cc1cccs1. The Morgan fingerprint density at radius 3 is 2.77 bits per heavy atom. The Morgan fingerprint density at radius 1 is 1.23 bits per heavy atom. The molecule has 0 unspecified atom stereocenters. The number of carbonyl (C=O) groups is 2.